The van der Waals surface area contributed by atoms with Crippen LogP contribution in [0.4, 0.5) is 10.1 Å². The highest BCUT2D eigenvalue weighted by atomic mass is 19.1. The van der Waals surface area contributed by atoms with Gasteiger partial charge in [0.2, 0.25) is 5.76 Å². The molecule has 0 spiro atoms. The third-order valence-corrected chi connectivity index (χ3v) is 6.19. The summed E-state index contributed by atoms with van der Waals surface area (Å²) in [5, 5.41) is 10.6. The number of aryl methyl sites for hydroxylation is 2. The number of hydrogen-bond acceptors (Lipinski definition) is 5. The third-order valence-electron chi connectivity index (χ3n) is 6.19. The average molecular weight is 459 g/mol. The molecule has 6 nitrogen and oxygen atoms in total. The van der Waals surface area contributed by atoms with Crippen molar-refractivity contribution in [2.45, 2.75) is 26.8 Å². The number of fused-ring (bicyclic) bond motifs is 2. The number of phenolic OH excluding ortho intramolecular Hbond substituents is 1. The van der Waals surface area contributed by atoms with E-state index in [2.05, 4.69) is 0 Å². The molecule has 0 radical (unpaired) electrons. The molecule has 1 aliphatic heterocycles. The highest BCUT2D eigenvalue weighted by Crippen LogP contribution is 2.43. The fourth-order valence-electron chi connectivity index (χ4n) is 4.38. The number of rotatable bonds is 4. The average Bonchev–Trinajstić information content (AvgIpc) is 3.10. The first-order valence-corrected chi connectivity index (χ1v) is 10.9. The van der Waals surface area contributed by atoms with E-state index in [-0.39, 0.29) is 28.3 Å². The summed E-state index contributed by atoms with van der Waals surface area (Å²) in [4.78, 5) is 28.8. The van der Waals surface area contributed by atoms with Crippen LogP contribution in [0.15, 0.2) is 63.8 Å². The summed E-state index contributed by atoms with van der Waals surface area (Å²) in [6.07, 6.45) is 0. The molecule has 1 amide bonds. The number of hydrogen-bond donors (Lipinski definition) is 1. The van der Waals surface area contributed by atoms with Gasteiger partial charge in [0.25, 0.3) is 5.91 Å². The molecule has 0 aliphatic carbocycles. The molecule has 0 saturated carbocycles. The van der Waals surface area contributed by atoms with Crippen LogP contribution in [-0.2, 0) is 0 Å². The Hall–Kier alpha value is -4.13. The molecule has 3 aromatic carbocycles. The Morgan fingerprint density at radius 2 is 1.74 bits per heavy atom. The molecule has 5 rings (SSSR count). The second kappa shape index (κ2) is 8.02. The molecule has 34 heavy (non-hydrogen) atoms. The van der Waals surface area contributed by atoms with E-state index in [1.807, 2.05) is 13.8 Å². The third kappa shape index (κ3) is 3.32. The molecule has 1 N–H and O–H groups in total. The van der Waals surface area contributed by atoms with E-state index in [4.69, 9.17) is 9.15 Å². The SMILES string of the molecule is CCOc1cc(C2c3c(oc4cc(C)c(C)cc4c3=O)C(=O)N2c2ccc(F)cc2)ccc1O. The van der Waals surface area contributed by atoms with Crippen LogP contribution in [0.2, 0.25) is 0 Å². The summed E-state index contributed by atoms with van der Waals surface area (Å²) in [5.41, 5.74) is 3.04. The molecule has 1 aliphatic rings. The molecule has 4 aromatic rings. The minimum absolute atomic E-state index is 0.0545. The lowest BCUT2D eigenvalue weighted by atomic mass is 9.97. The highest BCUT2D eigenvalue weighted by Gasteiger charge is 2.44. The summed E-state index contributed by atoms with van der Waals surface area (Å²) in [5.74, 6) is -0.827. The molecule has 1 atom stereocenters. The van der Waals surface area contributed by atoms with E-state index in [0.29, 0.717) is 28.8 Å². The first-order chi connectivity index (χ1) is 16.3. The molecule has 2 heterocycles. The molecule has 7 heteroatoms. The second-order valence-corrected chi connectivity index (χ2v) is 8.32. The van der Waals surface area contributed by atoms with Crippen LogP contribution in [0.3, 0.4) is 0 Å². The van der Waals surface area contributed by atoms with Gasteiger partial charge in [0.15, 0.2) is 16.9 Å². The fourth-order valence-corrected chi connectivity index (χ4v) is 4.38. The lowest BCUT2D eigenvalue weighted by Gasteiger charge is -2.25. The van der Waals surface area contributed by atoms with Crippen LogP contribution >= 0.6 is 0 Å². The van der Waals surface area contributed by atoms with Gasteiger partial charge in [-0.2, -0.15) is 0 Å². The molecule has 172 valence electrons. The second-order valence-electron chi connectivity index (χ2n) is 8.32. The Labute approximate surface area is 194 Å². The normalized spacial score (nSPS) is 15.1. The van der Waals surface area contributed by atoms with Gasteiger partial charge in [-0.05, 0) is 86.0 Å². The zero-order valence-electron chi connectivity index (χ0n) is 18.9. The Morgan fingerprint density at radius 3 is 2.44 bits per heavy atom. The van der Waals surface area contributed by atoms with Crippen molar-refractivity contribution in [3.05, 3.63) is 98.7 Å². The van der Waals surface area contributed by atoms with Gasteiger partial charge >= 0.3 is 0 Å². The Kier molecular flexibility index (Phi) is 5.12. The number of anilines is 1. The lowest BCUT2D eigenvalue weighted by Crippen LogP contribution is -2.29. The van der Waals surface area contributed by atoms with Crippen LogP contribution in [0.1, 0.15) is 45.8 Å². The van der Waals surface area contributed by atoms with Gasteiger partial charge in [0.1, 0.15) is 11.4 Å². The molecule has 0 saturated heterocycles. The molecular weight excluding hydrogens is 437 g/mol. The minimum Gasteiger partial charge on any atom is -0.504 e. The maximum absolute atomic E-state index is 13.7. The summed E-state index contributed by atoms with van der Waals surface area (Å²) in [7, 11) is 0. The van der Waals surface area contributed by atoms with E-state index in [9.17, 15) is 19.1 Å². The van der Waals surface area contributed by atoms with Crippen molar-refractivity contribution >= 4 is 22.6 Å². The first-order valence-electron chi connectivity index (χ1n) is 10.9. The number of halogens is 1. The van der Waals surface area contributed by atoms with Crippen LogP contribution in [0.25, 0.3) is 11.0 Å². The Bertz CT molecular complexity index is 1510. The number of carbonyl (C=O) groups excluding carboxylic acids is 1. The standard InChI is InChI=1S/C27H22FNO5/c1-4-33-22-13-16(5-10-20(22)30)24-23-25(31)19-11-14(2)15(3)12-21(19)34-26(23)27(32)29(24)18-8-6-17(28)7-9-18/h5-13,24,30H,4H2,1-3H3. The van der Waals surface area contributed by atoms with Crippen molar-refractivity contribution in [3.8, 4) is 11.5 Å². The number of phenols is 1. The minimum atomic E-state index is -0.852. The summed E-state index contributed by atoms with van der Waals surface area (Å²) >= 11 is 0. The van der Waals surface area contributed by atoms with Gasteiger partial charge < -0.3 is 14.3 Å². The van der Waals surface area contributed by atoms with Gasteiger partial charge in [-0.15, -0.1) is 0 Å². The van der Waals surface area contributed by atoms with Gasteiger partial charge in [-0.25, -0.2) is 4.39 Å². The first kappa shape index (κ1) is 21.7. The molecule has 0 bridgehead atoms. The van der Waals surface area contributed by atoms with Crippen LogP contribution < -0.4 is 15.1 Å². The van der Waals surface area contributed by atoms with E-state index < -0.39 is 17.8 Å². The number of benzene rings is 3. The number of ether oxygens (including phenoxy) is 1. The fraction of sp³-hybridized carbons (Fsp3) is 0.185. The van der Waals surface area contributed by atoms with Crippen molar-refractivity contribution in [2.75, 3.05) is 11.5 Å². The van der Waals surface area contributed by atoms with Crippen LogP contribution in [0, 0.1) is 19.7 Å². The molecule has 1 unspecified atom stereocenters. The molecule has 0 fully saturated rings. The number of amides is 1. The van der Waals surface area contributed by atoms with E-state index in [0.717, 1.165) is 11.1 Å². The smallest absolute Gasteiger partial charge is 0.295 e. The van der Waals surface area contributed by atoms with Gasteiger partial charge in [0, 0.05) is 5.69 Å². The van der Waals surface area contributed by atoms with Crippen molar-refractivity contribution < 1.29 is 23.4 Å². The van der Waals surface area contributed by atoms with Crippen molar-refractivity contribution in [2.24, 2.45) is 0 Å². The van der Waals surface area contributed by atoms with Crippen molar-refractivity contribution in [3.63, 3.8) is 0 Å². The summed E-state index contributed by atoms with van der Waals surface area (Å²) in [6.45, 7) is 5.92. The van der Waals surface area contributed by atoms with Crippen LogP contribution in [0.5, 0.6) is 11.5 Å². The van der Waals surface area contributed by atoms with Crippen molar-refractivity contribution in [1.82, 2.24) is 0 Å². The summed E-state index contributed by atoms with van der Waals surface area (Å²) < 4.78 is 25.2. The summed E-state index contributed by atoms with van der Waals surface area (Å²) in [6, 6.07) is 12.8. The quantitative estimate of drug-likeness (QED) is 0.442. The number of nitrogens with zero attached hydrogens (tertiary/aromatic N) is 1. The maximum Gasteiger partial charge on any atom is 0.295 e. The monoisotopic (exact) mass is 459 g/mol. The Morgan fingerprint density at radius 1 is 1.03 bits per heavy atom. The van der Waals surface area contributed by atoms with Gasteiger partial charge in [0.05, 0.1) is 23.6 Å². The van der Waals surface area contributed by atoms with Gasteiger partial charge in [-0.3, -0.25) is 14.5 Å². The van der Waals surface area contributed by atoms with Crippen LogP contribution in [-0.4, -0.2) is 17.6 Å². The zero-order chi connectivity index (χ0) is 24.1. The predicted octanol–water partition coefficient (Wildman–Crippen LogP) is 5.40. The van der Waals surface area contributed by atoms with E-state index in [1.165, 1.54) is 35.2 Å². The number of aromatic hydroxyl groups is 1. The lowest BCUT2D eigenvalue weighted by molar-refractivity contribution is 0.0971. The van der Waals surface area contributed by atoms with Crippen molar-refractivity contribution in [1.29, 1.82) is 0 Å². The Balaban J connectivity index is 1.81. The topological polar surface area (TPSA) is 80.0 Å². The predicted molar refractivity (Wildman–Crippen MR) is 126 cm³/mol. The maximum atomic E-state index is 13.7. The highest BCUT2D eigenvalue weighted by molar-refractivity contribution is 6.10. The van der Waals surface area contributed by atoms with Gasteiger partial charge in [-0.1, -0.05) is 6.07 Å². The van der Waals surface area contributed by atoms with E-state index in [1.54, 1.807) is 31.2 Å². The molecular formula is C27H22FNO5. The van der Waals surface area contributed by atoms with E-state index >= 15 is 0 Å². The number of carbonyl (C=O) groups is 1. The zero-order valence-corrected chi connectivity index (χ0v) is 18.9. The largest absolute Gasteiger partial charge is 0.504 e. The molecule has 1 aromatic heterocycles.